The first-order valence-electron chi connectivity index (χ1n) is 5.81. The van der Waals surface area contributed by atoms with E-state index < -0.39 is 6.10 Å². The molecule has 0 spiro atoms. The van der Waals surface area contributed by atoms with Crippen LogP contribution in [0.4, 0.5) is 0 Å². The van der Waals surface area contributed by atoms with Crippen molar-refractivity contribution in [1.82, 2.24) is 9.78 Å². The third-order valence-corrected chi connectivity index (χ3v) is 3.10. The van der Waals surface area contributed by atoms with E-state index in [1.807, 2.05) is 31.2 Å². The summed E-state index contributed by atoms with van der Waals surface area (Å²) in [6, 6.07) is 9.61. The van der Waals surface area contributed by atoms with Crippen molar-refractivity contribution < 1.29 is 9.52 Å². The fourth-order valence-electron chi connectivity index (χ4n) is 2.12. The molecule has 1 N–H and O–H groups in total. The Morgan fingerprint density at radius 2 is 2.11 bits per heavy atom. The first kappa shape index (κ1) is 11.0. The van der Waals surface area contributed by atoms with E-state index in [4.69, 9.17) is 4.42 Å². The van der Waals surface area contributed by atoms with Crippen molar-refractivity contribution in [2.24, 2.45) is 7.05 Å². The maximum Gasteiger partial charge on any atom is 0.153 e. The van der Waals surface area contributed by atoms with Crippen molar-refractivity contribution in [3.63, 3.8) is 0 Å². The average molecular weight is 242 g/mol. The standard InChI is InChI=1S/C14H14N2O2/c1-9-3-4-12-10(7-9)8-13(18-12)14(17)11-5-6-15-16(11)2/h3-8,14,17H,1-2H3. The topological polar surface area (TPSA) is 51.2 Å². The number of aromatic nitrogens is 2. The van der Waals surface area contributed by atoms with Crippen LogP contribution in [0.25, 0.3) is 11.0 Å². The van der Waals surface area contributed by atoms with Gasteiger partial charge in [-0.05, 0) is 31.2 Å². The average Bonchev–Trinajstić information content (AvgIpc) is 2.93. The van der Waals surface area contributed by atoms with Gasteiger partial charge >= 0.3 is 0 Å². The maximum absolute atomic E-state index is 10.3. The van der Waals surface area contributed by atoms with Gasteiger partial charge < -0.3 is 9.52 Å². The number of rotatable bonds is 2. The summed E-state index contributed by atoms with van der Waals surface area (Å²) in [5.74, 6) is 0.541. The molecule has 2 heterocycles. The second-order valence-electron chi connectivity index (χ2n) is 4.47. The molecule has 0 radical (unpaired) electrons. The number of aryl methyl sites for hydroxylation is 2. The minimum absolute atomic E-state index is 0.541. The van der Waals surface area contributed by atoms with Gasteiger partial charge in [0.2, 0.25) is 0 Å². The quantitative estimate of drug-likeness (QED) is 0.751. The fourth-order valence-corrected chi connectivity index (χ4v) is 2.12. The lowest BCUT2D eigenvalue weighted by Gasteiger charge is -2.07. The Bertz CT molecular complexity index is 697. The molecule has 0 aliphatic rings. The Morgan fingerprint density at radius 1 is 1.28 bits per heavy atom. The molecule has 0 saturated carbocycles. The second-order valence-corrected chi connectivity index (χ2v) is 4.47. The Morgan fingerprint density at radius 3 is 2.83 bits per heavy atom. The van der Waals surface area contributed by atoms with Crippen molar-refractivity contribution in [3.05, 3.63) is 53.5 Å². The SMILES string of the molecule is Cc1ccc2oc(C(O)c3ccnn3C)cc2c1. The van der Waals surface area contributed by atoms with Gasteiger partial charge in [0.05, 0.1) is 5.69 Å². The van der Waals surface area contributed by atoms with Crippen LogP contribution in [0.15, 0.2) is 40.9 Å². The molecule has 0 saturated heterocycles. The highest BCUT2D eigenvalue weighted by atomic mass is 16.4. The van der Waals surface area contributed by atoms with Gasteiger partial charge in [0, 0.05) is 18.6 Å². The highest BCUT2D eigenvalue weighted by Gasteiger charge is 2.18. The zero-order valence-electron chi connectivity index (χ0n) is 10.3. The Hall–Kier alpha value is -2.07. The van der Waals surface area contributed by atoms with E-state index in [1.54, 1.807) is 24.0 Å². The predicted octanol–water partition coefficient (Wildman–Crippen LogP) is 2.56. The molecule has 18 heavy (non-hydrogen) atoms. The van der Waals surface area contributed by atoms with Crippen LogP contribution in [0.1, 0.15) is 23.1 Å². The predicted molar refractivity (Wildman–Crippen MR) is 68.2 cm³/mol. The number of aliphatic hydroxyl groups excluding tert-OH is 1. The fraction of sp³-hybridized carbons (Fsp3) is 0.214. The molecule has 1 atom stereocenters. The molecule has 0 amide bonds. The molecule has 2 aromatic heterocycles. The van der Waals surface area contributed by atoms with Crippen LogP contribution in [0, 0.1) is 6.92 Å². The molecule has 3 aromatic rings. The first-order chi connectivity index (χ1) is 8.65. The van der Waals surface area contributed by atoms with Crippen LogP contribution in [0.2, 0.25) is 0 Å². The largest absolute Gasteiger partial charge is 0.458 e. The number of hydrogen-bond donors (Lipinski definition) is 1. The Kier molecular flexibility index (Phi) is 2.45. The van der Waals surface area contributed by atoms with Crippen LogP contribution >= 0.6 is 0 Å². The molecule has 3 rings (SSSR count). The molecule has 0 aliphatic carbocycles. The van der Waals surface area contributed by atoms with Crippen LogP contribution < -0.4 is 0 Å². The van der Waals surface area contributed by atoms with E-state index in [2.05, 4.69) is 5.10 Å². The van der Waals surface area contributed by atoms with Crippen LogP contribution in [0.3, 0.4) is 0 Å². The summed E-state index contributed by atoms with van der Waals surface area (Å²) in [5.41, 5.74) is 2.67. The van der Waals surface area contributed by atoms with Gasteiger partial charge in [-0.25, -0.2) is 0 Å². The summed E-state index contributed by atoms with van der Waals surface area (Å²) in [6.07, 6.45) is 0.871. The number of furan rings is 1. The number of hydrogen-bond acceptors (Lipinski definition) is 3. The van der Waals surface area contributed by atoms with Crippen molar-refractivity contribution in [2.45, 2.75) is 13.0 Å². The van der Waals surface area contributed by atoms with Gasteiger partial charge in [0.1, 0.15) is 11.3 Å². The van der Waals surface area contributed by atoms with E-state index in [-0.39, 0.29) is 0 Å². The minimum Gasteiger partial charge on any atom is -0.458 e. The number of aliphatic hydroxyl groups is 1. The van der Waals surface area contributed by atoms with Crippen LogP contribution in [-0.4, -0.2) is 14.9 Å². The summed E-state index contributed by atoms with van der Waals surface area (Å²) in [6.45, 7) is 2.03. The molecule has 1 unspecified atom stereocenters. The summed E-state index contributed by atoms with van der Waals surface area (Å²) in [7, 11) is 1.80. The molecular weight excluding hydrogens is 228 g/mol. The lowest BCUT2D eigenvalue weighted by molar-refractivity contribution is 0.183. The molecule has 0 fully saturated rings. The van der Waals surface area contributed by atoms with Gasteiger partial charge in [-0.2, -0.15) is 5.10 Å². The number of fused-ring (bicyclic) bond motifs is 1. The van der Waals surface area contributed by atoms with Gasteiger partial charge in [0.15, 0.2) is 6.10 Å². The normalized spacial score (nSPS) is 13.1. The van der Waals surface area contributed by atoms with Crippen molar-refractivity contribution >= 4 is 11.0 Å². The minimum atomic E-state index is -0.787. The second kappa shape index (κ2) is 3.99. The van der Waals surface area contributed by atoms with Gasteiger partial charge in [-0.1, -0.05) is 11.6 Å². The summed E-state index contributed by atoms with van der Waals surface area (Å²) in [5, 5.41) is 15.3. The van der Waals surface area contributed by atoms with Gasteiger partial charge in [0.25, 0.3) is 0 Å². The van der Waals surface area contributed by atoms with E-state index >= 15 is 0 Å². The smallest absolute Gasteiger partial charge is 0.153 e. The number of benzene rings is 1. The van der Waals surface area contributed by atoms with E-state index in [1.165, 1.54) is 5.56 Å². The van der Waals surface area contributed by atoms with Gasteiger partial charge in [-0.15, -0.1) is 0 Å². The molecular formula is C14H14N2O2. The third-order valence-electron chi connectivity index (χ3n) is 3.10. The van der Waals surface area contributed by atoms with Crippen molar-refractivity contribution in [1.29, 1.82) is 0 Å². The van der Waals surface area contributed by atoms with Crippen molar-refractivity contribution in [2.75, 3.05) is 0 Å². The zero-order chi connectivity index (χ0) is 12.7. The monoisotopic (exact) mass is 242 g/mol. The number of nitrogens with zero attached hydrogens (tertiary/aromatic N) is 2. The first-order valence-corrected chi connectivity index (χ1v) is 5.81. The van der Waals surface area contributed by atoms with E-state index in [9.17, 15) is 5.11 Å². The van der Waals surface area contributed by atoms with E-state index in [0.29, 0.717) is 11.5 Å². The van der Waals surface area contributed by atoms with Crippen LogP contribution in [-0.2, 0) is 7.05 Å². The lowest BCUT2D eigenvalue weighted by Crippen LogP contribution is -2.05. The molecule has 0 aliphatic heterocycles. The Labute approximate surface area is 104 Å². The Balaban J connectivity index is 2.07. The zero-order valence-corrected chi connectivity index (χ0v) is 10.3. The third kappa shape index (κ3) is 1.71. The lowest BCUT2D eigenvalue weighted by atomic mass is 10.1. The van der Waals surface area contributed by atoms with Crippen LogP contribution in [0.5, 0.6) is 0 Å². The molecule has 92 valence electrons. The molecule has 4 nitrogen and oxygen atoms in total. The van der Waals surface area contributed by atoms with Crippen molar-refractivity contribution in [3.8, 4) is 0 Å². The molecule has 1 aromatic carbocycles. The maximum atomic E-state index is 10.3. The summed E-state index contributed by atoms with van der Waals surface area (Å²) in [4.78, 5) is 0. The highest BCUT2D eigenvalue weighted by molar-refractivity contribution is 5.78. The van der Waals surface area contributed by atoms with E-state index in [0.717, 1.165) is 11.0 Å². The highest BCUT2D eigenvalue weighted by Crippen LogP contribution is 2.28. The molecule has 0 bridgehead atoms. The molecule has 4 heteroatoms. The summed E-state index contributed by atoms with van der Waals surface area (Å²) < 4.78 is 7.31. The summed E-state index contributed by atoms with van der Waals surface area (Å²) >= 11 is 0. The van der Waals surface area contributed by atoms with Gasteiger partial charge in [-0.3, -0.25) is 4.68 Å².